The fourth-order valence-electron chi connectivity index (χ4n) is 6.10. The maximum atomic E-state index is 13.8. The van der Waals surface area contributed by atoms with Crippen molar-refractivity contribution in [1.29, 1.82) is 0 Å². The lowest BCUT2D eigenvalue weighted by atomic mass is 9.54. The van der Waals surface area contributed by atoms with Crippen LogP contribution in [0.15, 0.2) is 66.7 Å². The zero-order valence-electron chi connectivity index (χ0n) is 19.2. The van der Waals surface area contributed by atoms with Crippen molar-refractivity contribution in [3.05, 3.63) is 99.6 Å². The van der Waals surface area contributed by atoms with Gasteiger partial charge in [0.15, 0.2) is 0 Å². The SMILES string of the molecule is Cc1ccc(Cl)cc1NC(=O)CCN1C(=O)[C@@H]2[C@@H](C1=O)C1(Cl)c3ccccc3C2(Cl)c2ccccc21. The molecule has 1 saturated heterocycles. The average Bonchev–Trinajstić information content (AvgIpc) is 3.14. The quantitative estimate of drug-likeness (QED) is 0.348. The van der Waals surface area contributed by atoms with Crippen molar-refractivity contribution < 1.29 is 14.4 Å². The van der Waals surface area contributed by atoms with E-state index >= 15 is 0 Å². The number of nitrogens with one attached hydrogen (secondary N) is 1. The molecule has 8 heteroatoms. The zero-order chi connectivity index (χ0) is 25.4. The summed E-state index contributed by atoms with van der Waals surface area (Å²) in [5.41, 5.74) is 4.44. The molecule has 0 saturated carbocycles. The van der Waals surface area contributed by atoms with E-state index in [1.165, 1.54) is 0 Å². The fraction of sp³-hybridized carbons (Fsp3) is 0.250. The second-order valence-corrected chi connectivity index (χ2v) is 11.2. The predicted octanol–water partition coefficient (Wildman–Crippen LogP) is 5.57. The highest BCUT2D eigenvalue weighted by Crippen LogP contribution is 2.69. The first-order valence-corrected chi connectivity index (χ1v) is 12.8. The van der Waals surface area contributed by atoms with Crippen LogP contribution in [-0.2, 0) is 24.1 Å². The van der Waals surface area contributed by atoms with Gasteiger partial charge in [-0.1, -0.05) is 66.2 Å². The van der Waals surface area contributed by atoms with Crippen LogP contribution in [0.25, 0.3) is 0 Å². The predicted molar refractivity (Wildman–Crippen MR) is 139 cm³/mol. The molecule has 5 nitrogen and oxygen atoms in total. The number of carbonyl (C=O) groups is 3. The Bertz CT molecular complexity index is 1350. The molecule has 3 aliphatic carbocycles. The number of nitrogens with zero attached hydrogens (tertiary/aromatic N) is 1. The number of amides is 3. The van der Waals surface area contributed by atoms with E-state index < -0.39 is 33.4 Å². The molecule has 0 unspecified atom stereocenters. The van der Waals surface area contributed by atoms with E-state index in [0.717, 1.165) is 32.7 Å². The maximum Gasteiger partial charge on any atom is 0.235 e. The van der Waals surface area contributed by atoms with Gasteiger partial charge in [-0.3, -0.25) is 19.3 Å². The summed E-state index contributed by atoms with van der Waals surface area (Å²) in [6.45, 7) is 1.79. The van der Waals surface area contributed by atoms with E-state index in [4.69, 9.17) is 34.8 Å². The number of rotatable bonds is 4. The zero-order valence-corrected chi connectivity index (χ0v) is 21.5. The van der Waals surface area contributed by atoms with E-state index in [-0.39, 0.29) is 18.9 Å². The molecule has 3 amide bonds. The van der Waals surface area contributed by atoms with Gasteiger partial charge in [0.05, 0.1) is 11.8 Å². The molecular formula is C28H21Cl3N2O3. The van der Waals surface area contributed by atoms with Crippen LogP contribution in [0.1, 0.15) is 34.2 Å². The Balaban J connectivity index is 1.34. The highest BCUT2D eigenvalue weighted by molar-refractivity contribution is 6.36. The summed E-state index contributed by atoms with van der Waals surface area (Å²) in [6, 6.07) is 20.2. The summed E-state index contributed by atoms with van der Waals surface area (Å²) in [5.74, 6) is -2.87. The van der Waals surface area contributed by atoms with Crippen LogP contribution >= 0.6 is 34.8 Å². The minimum Gasteiger partial charge on any atom is -0.326 e. The largest absolute Gasteiger partial charge is 0.326 e. The van der Waals surface area contributed by atoms with Gasteiger partial charge in [-0.15, -0.1) is 23.2 Å². The molecule has 1 aliphatic heterocycles. The molecule has 1 heterocycles. The summed E-state index contributed by atoms with van der Waals surface area (Å²) >= 11 is 20.8. The number of likely N-dealkylation sites (tertiary alicyclic amines) is 1. The molecule has 2 atom stereocenters. The third kappa shape index (κ3) is 3.00. The van der Waals surface area contributed by atoms with Crippen LogP contribution < -0.4 is 5.32 Å². The first-order chi connectivity index (χ1) is 17.2. The third-order valence-corrected chi connectivity index (χ3v) is 9.23. The Morgan fingerprint density at radius 1 is 0.861 bits per heavy atom. The molecule has 4 aliphatic rings. The normalized spacial score (nSPS) is 27.5. The maximum absolute atomic E-state index is 13.8. The number of carbonyl (C=O) groups excluding carboxylic acids is 3. The molecule has 1 fully saturated rings. The van der Waals surface area contributed by atoms with Crippen molar-refractivity contribution in [2.75, 3.05) is 11.9 Å². The van der Waals surface area contributed by atoms with E-state index in [1.54, 1.807) is 18.2 Å². The molecule has 3 aromatic carbocycles. The summed E-state index contributed by atoms with van der Waals surface area (Å²) < 4.78 is 0. The van der Waals surface area contributed by atoms with Gasteiger partial charge in [-0.05, 0) is 46.9 Å². The number of alkyl halides is 2. The molecular weight excluding hydrogens is 519 g/mol. The van der Waals surface area contributed by atoms with Gasteiger partial charge in [0, 0.05) is 23.7 Å². The Hall–Kier alpha value is -2.86. The van der Waals surface area contributed by atoms with E-state index in [0.29, 0.717) is 10.7 Å². The van der Waals surface area contributed by atoms with Gasteiger partial charge in [-0.25, -0.2) is 0 Å². The van der Waals surface area contributed by atoms with Crippen molar-refractivity contribution in [1.82, 2.24) is 4.90 Å². The van der Waals surface area contributed by atoms with Crippen LogP contribution in [0.3, 0.4) is 0 Å². The number of hydrogen-bond acceptors (Lipinski definition) is 3. The number of imide groups is 1. The third-order valence-electron chi connectivity index (χ3n) is 7.71. The van der Waals surface area contributed by atoms with Crippen LogP contribution in [-0.4, -0.2) is 29.2 Å². The summed E-state index contributed by atoms with van der Waals surface area (Å²) in [6.07, 6.45) is -0.0622. The Labute approximate surface area is 223 Å². The van der Waals surface area contributed by atoms with E-state index in [2.05, 4.69) is 5.32 Å². The van der Waals surface area contributed by atoms with Gasteiger partial charge in [0.1, 0.15) is 9.75 Å². The smallest absolute Gasteiger partial charge is 0.235 e. The van der Waals surface area contributed by atoms with Gasteiger partial charge in [0.25, 0.3) is 0 Å². The molecule has 0 radical (unpaired) electrons. The summed E-state index contributed by atoms with van der Waals surface area (Å²) in [7, 11) is 0. The Kier molecular flexibility index (Phi) is 5.28. The van der Waals surface area contributed by atoms with Crippen LogP contribution in [0.2, 0.25) is 5.02 Å². The number of benzene rings is 3. The molecule has 0 spiro atoms. The minimum absolute atomic E-state index is 0.0622. The molecule has 36 heavy (non-hydrogen) atoms. The Morgan fingerprint density at radius 2 is 1.33 bits per heavy atom. The van der Waals surface area contributed by atoms with Crippen molar-refractivity contribution >= 4 is 58.2 Å². The topological polar surface area (TPSA) is 66.5 Å². The first-order valence-electron chi connectivity index (χ1n) is 11.7. The minimum atomic E-state index is -1.23. The molecule has 7 rings (SSSR count). The standard InChI is InChI=1S/C28H21Cl3N2O3/c1-15-10-11-16(29)14-21(15)32-22(34)12-13-33-25(35)23-24(26(33)36)28(31)18-7-3-2-6-17(18)27(23,30)19-8-4-5-9-20(19)28/h2-11,14,23-24H,12-13H2,1H3,(H,32,34)/t23-,24-,27?,28?/m0/s1. The second kappa shape index (κ2) is 8.07. The number of aryl methyl sites for hydroxylation is 1. The highest BCUT2D eigenvalue weighted by atomic mass is 35.5. The first kappa shape index (κ1) is 23.5. The van der Waals surface area contributed by atoms with Crippen LogP contribution in [0, 0.1) is 18.8 Å². The lowest BCUT2D eigenvalue weighted by Crippen LogP contribution is -2.57. The van der Waals surface area contributed by atoms with E-state index in [1.807, 2.05) is 55.5 Å². The highest BCUT2D eigenvalue weighted by Gasteiger charge is 2.72. The second-order valence-electron chi connectivity index (χ2n) is 9.56. The van der Waals surface area contributed by atoms with Crippen LogP contribution in [0.4, 0.5) is 5.69 Å². The molecule has 3 aromatic rings. The van der Waals surface area contributed by atoms with Gasteiger partial charge >= 0.3 is 0 Å². The van der Waals surface area contributed by atoms with Gasteiger partial charge < -0.3 is 5.32 Å². The molecule has 2 bridgehead atoms. The van der Waals surface area contributed by atoms with Gasteiger partial charge in [0.2, 0.25) is 17.7 Å². The van der Waals surface area contributed by atoms with Crippen LogP contribution in [0.5, 0.6) is 0 Å². The molecule has 0 aromatic heterocycles. The Morgan fingerprint density at radius 3 is 1.81 bits per heavy atom. The summed E-state index contributed by atoms with van der Waals surface area (Å²) in [5, 5.41) is 3.32. The monoisotopic (exact) mass is 538 g/mol. The molecule has 182 valence electrons. The van der Waals surface area contributed by atoms with Crippen molar-refractivity contribution in [3.8, 4) is 0 Å². The lowest BCUT2D eigenvalue weighted by molar-refractivity contribution is -0.140. The van der Waals surface area contributed by atoms with E-state index in [9.17, 15) is 14.4 Å². The van der Waals surface area contributed by atoms with Crippen molar-refractivity contribution in [3.63, 3.8) is 0 Å². The fourth-order valence-corrected chi connectivity index (χ4v) is 7.37. The lowest BCUT2D eigenvalue weighted by Gasteiger charge is -2.54. The van der Waals surface area contributed by atoms with Crippen molar-refractivity contribution in [2.24, 2.45) is 11.8 Å². The summed E-state index contributed by atoms with van der Waals surface area (Å²) in [4.78, 5) is 39.0. The van der Waals surface area contributed by atoms with Crippen molar-refractivity contribution in [2.45, 2.75) is 23.1 Å². The average molecular weight is 540 g/mol. The number of anilines is 1. The van der Waals surface area contributed by atoms with Gasteiger partial charge in [-0.2, -0.15) is 0 Å². The molecule has 1 N–H and O–H groups in total. The number of halogens is 3. The number of hydrogen-bond donors (Lipinski definition) is 1.